The van der Waals surface area contributed by atoms with Gasteiger partial charge in [0.25, 0.3) is 0 Å². The van der Waals surface area contributed by atoms with Crippen LogP contribution in [0.15, 0.2) is 5.10 Å². The predicted octanol–water partition coefficient (Wildman–Crippen LogP) is 1.05. The second kappa shape index (κ2) is 1.88. The Kier molecular flexibility index (Phi) is 1.40. The molecule has 1 rings (SSSR count). The number of nitrogens with zero attached hydrogens (tertiary/aromatic N) is 2. The van der Waals surface area contributed by atoms with Crippen LogP contribution >= 0.6 is 23.4 Å². The normalized spacial score (nSPS) is 29.4. The first-order chi connectivity index (χ1) is 3.29. The smallest absolute Gasteiger partial charge is 0.0912 e. The minimum atomic E-state index is -0.00231. The van der Waals surface area contributed by atoms with E-state index in [0.717, 1.165) is 0 Å². The minimum Gasteiger partial charge on any atom is -0.204 e. The molecule has 4 heteroatoms. The van der Waals surface area contributed by atoms with Crippen molar-refractivity contribution in [2.45, 2.75) is 5.38 Å². The van der Waals surface area contributed by atoms with Gasteiger partial charge in [0.15, 0.2) is 0 Å². The van der Waals surface area contributed by atoms with Crippen molar-refractivity contribution in [2.24, 2.45) is 5.10 Å². The molecule has 0 N–H and O–H groups in total. The lowest BCUT2D eigenvalue weighted by atomic mass is 10.5. The molecule has 40 valence electrons. The minimum absolute atomic E-state index is 0.00231. The summed E-state index contributed by atoms with van der Waals surface area (Å²) in [6.45, 7) is 0.614. The zero-order valence-electron chi connectivity index (χ0n) is 3.51. The average Bonchev–Trinajstić information content (AvgIpc) is 1.87. The third-order valence-electron chi connectivity index (χ3n) is 0.679. The Morgan fingerprint density at radius 3 is 2.71 bits per heavy atom. The molecular weight excluding hydrogens is 135 g/mol. The molecule has 0 spiro atoms. The number of rotatable bonds is 0. The molecule has 0 fully saturated rings. The highest BCUT2D eigenvalue weighted by molar-refractivity contribution is 6.29. The maximum Gasteiger partial charge on any atom is 0.0912 e. The molecule has 0 saturated heterocycles. The van der Waals surface area contributed by atoms with E-state index in [1.165, 1.54) is 4.53 Å². The Labute approximate surface area is 51.8 Å². The van der Waals surface area contributed by atoms with Crippen LogP contribution in [0.2, 0.25) is 0 Å². The highest BCUT2D eigenvalue weighted by Gasteiger charge is 2.11. The van der Waals surface area contributed by atoms with Crippen LogP contribution in [0.4, 0.5) is 0 Å². The van der Waals surface area contributed by atoms with Crippen molar-refractivity contribution in [1.29, 1.82) is 0 Å². The second-order valence-corrected chi connectivity index (χ2v) is 2.25. The van der Waals surface area contributed by atoms with Crippen LogP contribution in [0.1, 0.15) is 0 Å². The quantitative estimate of drug-likeness (QED) is 0.361. The van der Waals surface area contributed by atoms with Gasteiger partial charge in [-0.15, -0.1) is 11.6 Å². The van der Waals surface area contributed by atoms with Gasteiger partial charge in [0.2, 0.25) is 0 Å². The van der Waals surface area contributed by atoms with Crippen molar-refractivity contribution in [3.63, 3.8) is 0 Å². The van der Waals surface area contributed by atoms with Gasteiger partial charge in [0.1, 0.15) is 0 Å². The summed E-state index contributed by atoms with van der Waals surface area (Å²) in [5.41, 5.74) is 0. The maximum atomic E-state index is 5.53. The standard InChI is InChI=1S/C3H4Cl2N2/c4-3-1-6-7(5)2-3/h1,3H,2H2. The third-order valence-corrected chi connectivity index (χ3v) is 1.15. The summed E-state index contributed by atoms with van der Waals surface area (Å²) in [4.78, 5) is 0. The largest absolute Gasteiger partial charge is 0.204 e. The lowest BCUT2D eigenvalue weighted by Crippen LogP contribution is -2.07. The average molecular weight is 139 g/mol. The fraction of sp³-hybridized carbons (Fsp3) is 0.667. The van der Waals surface area contributed by atoms with Crippen molar-refractivity contribution < 1.29 is 0 Å². The van der Waals surface area contributed by atoms with Crippen LogP contribution < -0.4 is 0 Å². The lowest BCUT2D eigenvalue weighted by Gasteiger charge is -1.98. The lowest BCUT2D eigenvalue weighted by molar-refractivity contribution is 0.538. The molecule has 0 radical (unpaired) electrons. The summed E-state index contributed by atoms with van der Waals surface area (Å²) in [5.74, 6) is 0. The summed E-state index contributed by atoms with van der Waals surface area (Å²) in [7, 11) is 0. The number of halogens is 2. The molecule has 0 aromatic heterocycles. The van der Waals surface area contributed by atoms with Crippen LogP contribution in [-0.4, -0.2) is 22.7 Å². The van der Waals surface area contributed by atoms with E-state index in [4.69, 9.17) is 23.4 Å². The van der Waals surface area contributed by atoms with Gasteiger partial charge in [-0.25, -0.2) is 4.53 Å². The molecule has 0 amide bonds. The first-order valence-electron chi connectivity index (χ1n) is 1.90. The summed E-state index contributed by atoms with van der Waals surface area (Å²) >= 11 is 10.9. The van der Waals surface area contributed by atoms with Gasteiger partial charge >= 0.3 is 0 Å². The van der Waals surface area contributed by atoms with E-state index in [1.807, 2.05) is 0 Å². The van der Waals surface area contributed by atoms with E-state index in [9.17, 15) is 0 Å². The van der Waals surface area contributed by atoms with Gasteiger partial charge in [0.05, 0.1) is 11.9 Å². The molecule has 1 aliphatic heterocycles. The van der Waals surface area contributed by atoms with E-state index in [-0.39, 0.29) is 5.38 Å². The first-order valence-corrected chi connectivity index (χ1v) is 2.68. The summed E-state index contributed by atoms with van der Waals surface area (Å²) in [6.07, 6.45) is 1.61. The first kappa shape index (κ1) is 5.19. The molecule has 7 heavy (non-hydrogen) atoms. The zero-order valence-corrected chi connectivity index (χ0v) is 5.02. The Morgan fingerprint density at radius 1 is 1.86 bits per heavy atom. The number of alkyl halides is 1. The van der Waals surface area contributed by atoms with Gasteiger partial charge < -0.3 is 0 Å². The van der Waals surface area contributed by atoms with Crippen LogP contribution in [0.5, 0.6) is 0 Å². The van der Waals surface area contributed by atoms with E-state index in [2.05, 4.69) is 5.10 Å². The molecule has 1 heterocycles. The van der Waals surface area contributed by atoms with Crippen LogP contribution in [0.3, 0.4) is 0 Å². The molecule has 1 atom stereocenters. The monoisotopic (exact) mass is 138 g/mol. The van der Waals surface area contributed by atoms with Crippen molar-refractivity contribution in [3.8, 4) is 0 Å². The Morgan fingerprint density at radius 2 is 2.57 bits per heavy atom. The van der Waals surface area contributed by atoms with Crippen molar-refractivity contribution in [2.75, 3.05) is 6.54 Å². The Balaban J connectivity index is 2.42. The summed E-state index contributed by atoms with van der Waals surface area (Å²) < 4.78 is 1.29. The Bertz CT molecular complexity index is 82.9. The molecule has 2 nitrogen and oxygen atoms in total. The van der Waals surface area contributed by atoms with E-state index >= 15 is 0 Å². The van der Waals surface area contributed by atoms with Gasteiger partial charge in [-0.05, 0) is 0 Å². The molecule has 0 aromatic carbocycles. The molecule has 0 saturated carbocycles. The van der Waals surface area contributed by atoms with Crippen molar-refractivity contribution in [1.82, 2.24) is 4.53 Å². The topological polar surface area (TPSA) is 15.6 Å². The Hall–Kier alpha value is 0.0500. The van der Waals surface area contributed by atoms with E-state index < -0.39 is 0 Å². The molecule has 1 aliphatic rings. The highest BCUT2D eigenvalue weighted by Crippen LogP contribution is 2.07. The van der Waals surface area contributed by atoms with Crippen molar-refractivity contribution >= 4 is 29.6 Å². The fourth-order valence-corrected chi connectivity index (χ4v) is 0.834. The van der Waals surface area contributed by atoms with Gasteiger partial charge in [-0.2, -0.15) is 5.10 Å². The highest BCUT2D eigenvalue weighted by atomic mass is 35.5. The van der Waals surface area contributed by atoms with Crippen LogP contribution in [0, 0.1) is 0 Å². The number of hydrazone groups is 1. The SMILES string of the molecule is ClC1C=NN(Cl)C1. The van der Waals surface area contributed by atoms with Crippen LogP contribution in [0.25, 0.3) is 0 Å². The van der Waals surface area contributed by atoms with Gasteiger partial charge in [-0.1, -0.05) is 0 Å². The number of hydrogen-bond donors (Lipinski definition) is 0. The molecular formula is C3H4Cl2N2. The van der Waals surface area contributed by atoms with E-state index in [1.54, 1.807) is 6.21 Å². The molecule has 0 aliphatic carbocycles. The summed E-state index contributed by atoms with van der Waals surface area (Å²) in [5, 5.41) is 3.66. The van der Waals surface area contributed by atoms with E-state index in [0.29, 0.717) is 6.54 Å². The maximum absolute atomic E-state index is 5.53. The molecule has 0 aromatic rings. The third kappa shape index (κ3) is 1.21. The van der Waals surface area contributed by atoms with Gasteiger partial charge in [-0.3, -0.25) is 0 Å². The number of hydrogen-bond acceptors (Lipinski definition) is 2. The van der Waals surface area contributed by atoms with Crippen LogP contribution in [-0.2, 0) is 0 Å². The summed E-state index contributed by atoms with van der Waals surface area (Å²) in [6, 6.07) is 0. The zero-order chi connectivity index (χ0) is 5.28. The molecule has 1 unspecified atom stereocenters. The predicted molar refractivity (Wildman–Crippen MR) is 30.7 cm³/mol. The van der Waals surface area contributed by atoms with Crippen molar-refractivity contribution in [3.05, 3.63) is 0 Å². The van der Waals surface area contributed by atoms with Gasteiger partial charge in [0, 0.05) is 18.0 Å². The molecule has 0 bridgehead atoms. The second-order valence-electron chi connectivity index (χ2n) is 1.30. The fourth-order valence-electron chi connectivity index (χ4n) is 0.383.